The lowest BCUT2D eigenvalue weighted by Crippen LogP contribution is -2.26. The summed E-state index contributed by atoms with van der Waals surface area (Å²) in [6, 6.07) is 31.8. The van der Waals surface area contributed by atoms with Crippen LogP contribution >= 0.6 is 0 Å². The highest BCUT2D eigenvalue weighted by molar-refractivity contribution is 6.00. The molecule has 1 N–H and O–H groups in total. The van der Waals surface area contributed by atoms with Gasteiger partial charge < -0.3 is 5.32 Å². The minimum Gasteiger partial charge on any atom is -0.363 e. The molecule has 5 rings (SSSR count). The fourth-order valence-corrected chi connectivity index (χ4v) is 4.92. The summed E-state index contributed by atoms with van der Waals surface area (Å²) in [5.41, 5.74) is 4.42. The Hall–Kier alpha value is -3.66. The zero-order chi connectivity index (χ0) is 22.6. The maximum Gasteiger partial charge on any atom is 0.168 e. The fraction of sp³-hybridized carbons (Fsp3) is 0.241. The molecule has 1 aliphatic rings. The van der Waals surface area contributed by atoms with Crippen LogP contribution in [0.15, 0.2) is 97.2 Å². The minimum atomic E-state index is 0.140. The predicted octanol–water partition coefficient (Wildman–Crippen LogP) is 6.80. The number of rotatable bonds is 7. The zero-order valence-electron chi connectivity index (χ0n) is 18.9. The second-order valence-corrected chi connectivity index (χ2v) is 8.88. The fourth-order valence-electron chi connectivity index (χ4n) is 4.92. The molecule has 0 bridgehead atoms. The van der Waals surface area contributed by atoms with Crippen LogP contribution in [0.25, 0.3) is 0 Å². The summed E-state index contributed by atoms with van der Waals surface area (Å²) in [4.78, 5) is 13.4. The van der Waals surface area contributed by atoms with E-state index in [-0.39, 0.29) is 23.8 Å². The molecule has 2 unspecified atom stereocenters. The number of Topliss-reactive ketones (excluding diaryl/α,β-unsaturated/α-hetero) is 1. The zero-order valence-corrected chi connectivity index (χ0v) is 18.9. The molecular formula is C29H29N3O. The lowest BCUT2D eigenvalue weighted by molar-refractivity contribution is 0.0979. The van der Waals surface area contributed by atoms with Gasteiger partial charge in [-0.15, -0.1) is 0 Å². The first kappa shape index (κ1) is 21.2. The molecule has 3 aromatic carbocycles. The maximum atomic E-state index is 13.4. The van der Waals surface area contributed by atoms with E-state index in [1.54, 1.807) is 6.20 Å². The first-order valence-electron chi connectivity index (χ1n) is 11.7. The summed E-state index contributed by atoms with van der Waals surface area (Å²) in [7, 11) is 0. The third-order valence-electron chi connectivity index (χ3n) is 6.67. The molecule has 4 heteroatoms. The summed E-state index contributed by atoms with van der Waals surface area (Å²) in [5, 5.41) is 8.17. The molecule has 4 nitrogen and oxygen atoms in total. The number of hydrogen-bond donors (Lipinski definition) is 1. The quantitative estimate of drug-likeness (QED) is 0.325. The van der Waals surface area contributed by atoms with Crippen molar-refractivity contribution in [3.8, 4) is 0 Å². The normalized spacial score (nSPS) is 17.4. The largest absolute Gasteiger partial charge is 0.363 e. The number of nitrogens with zero attached hydrogens (tertiary/aromatic N) is 2. The van der Waals surface area contributed by atoms with Crippen LogP contribution in [0, 0.1) is 0 Å². The Labute approximate surface area is 195 Å². The molecule has 0 spiro atoms. The van der Waals surface area contributed by atoms with Crippen LogP contribution in [-0.4, -0.2) is 15.6 Å². The average molecular weight is 436 g/mol. The van der Waals surface area contributed by atoms with Crippen LogP contribution < -0.4 is 5.32 Å². The van der Waals surface area contributed by atoms with Crippen molar-refractivity contribution < 1.29 is 4.79 Å². The number of hydrogen-bond acceptors (Lipinski definition) is 3. The number of ketones is 1. The number of aromatic nitrogens is 2. The van der Waals surface area contributed by atoms with E-state index in [1.807, 2.05) is 22.9 Å². The molecule has 0 amide bonds. The van der Waals surface area contributed by atoms with Gasteiger partial charge in [-0.05, 0) is 36.5 Å². The van der Waals surface area contributed by atoms with E-state index >= 15 is 0 Å². The van der Waals surface area contributed by atoms with E-state index < -0.39 is 0 Å². The predicted molar refractivity (Wildman–Crippen MR) is 133 cm³/mol. The molecule has 0 aliphatic carbocycles. The SMILES string of the molecule is CC1CC(c2ccccc2)Nc2c(C(=O)CCC(c3ccccc3)c3ccccc3)cnn21. The summed E-state index contributed by atoms with van der Waals surface area (Å²) >= 11 is 0. The monoisotopic (exact) mass is 435 g/mol. The Kier molecular flexibility index (Phi) is 6.07. The smallest absolute Gasteiger partial charge is 0.168 e. The molecule has 2 heterocycles. The van der Waals surface area contributed by atoms with Crippen LogP contribution in [0.5, 0.6) is 0 Å². The van der Waals surface area contributed by atoms with Gasteiger partial charge in [0.15, 0.2) is 5.78 Å². The topological polar surface area (TPSA) is 46.9 Å². The molecule has 2 atom stereocenters. The summed E-state index contributed by atoms with van der Waals surface area (Å²) in [6.07, 6.45) is 3.92. The second-order valence-electron chi connectivity index (χ2n) is 8.88. The van der Waals surface area contributed by atoms with Crippen molar-refractivity contribution in [1.29, 1.82) is 0 Å². The molecule has 4 aromatic rings. The molecule has 1 aromatic heterocycles. The summed E-state index contributed by atoms with van der Waals surface area (Å²) < 4.78 is 1.97. The average Bonchev–Trinajstić information content (AvgIpc) is 3.31. The molecule has 0 saturated heterocycles. The Bertz CT molecular complexity index is 1160. The van der Waals surface area contributed by atoms with Gasteiger partial charge in [0.2, 0.25) is 0 Å². The highest BCUT2D eigenvalue weighted by atomic mass is 16.1. The highest BCUT2D eigenvalue weighted by Crippen LogP contribution is 2.37. The third kappa shape index (κ3) is 4.47. The number of carbonyl (C=O) groups excluding carboxylic acids is 1. The van der Waals surface area contributed by atoms with Crippen LogP contribution in [-0.2, 0) is 0 Å². The summed E-state index contributed by atoms with van der Waals surface area (Å²) in [6.45, 7) is 2.17. The van der Waals surface area contributed by atoms with Gasteiger partial charge in [-0.25, -0.2) is 4.68 Å². The van der Waals surface area contributed by atoms with Crippen molar-refractivity contribution in [3.05, 3.63) is 119 Å². The molecule has 0 radical (unpaired) electrons. The van der Waals surface area contributed by atoms with Crippen molar-refractivity contribution in [1.82, 2.24) is 9.78 Å². The van der Waals surface area contributed by atoms with Gasteiger partial charge in [0, 0.05) is 12.3 Å². The number of nitrogens with one attached hydrogen (secondary N) is 1. The van der Waals surface area contributed by atoms with Crippen molar-refractivity contribution in [3.63, 3.8) is 0 Å². The van der Waals surface area contributed by atoms with Crippen LogP contribution in [0.1, 0.15) is 71.2 Å². The number of anilines is 1. The van der Waals surface area contributed by atoms with E-state index in [0.29, 0.717) is 12.0 Å². The van der Waals surface area contributed by atoms with Gasteiger partial charge in [0.1, 0.15) is 5.82 Å². The van der Waals surface area contributed by atoms with Crippen LogP contribution in [0.2, 0.25) is 0 Å². The third-order valence-corrected chi connectivity index (χ3v) is 6.67. The number of fused-ring (bicyclic) bond motifs is 1. The van der Waals surface area contributed by atoms with Gasteiger partial charge in [0.25, 0.3) is 0 Å². The Morgan fingerprint density at radius 2 is 1.52 bits per heavy atom. The Balaban J connectivity index is 1.37. The molecule has 0 saturated carbocycles. The van der Waals surface area contributed by atoms with Crippen molar-refractivity contribution in [2.45, 2.75) is 44.2 Å². The first-order chi connectivity index (χ1) is 16.2. The molecule has 166 valence electrons. The van der Waals surface area contributed by atoms with Gasteiger partial charge in [-0.1, -0.05) is 91.0 Å². The van der Waals surface area contributed by atoms with E-state index in [9.17, 15) is 4.79 Å². The molecule has 0 fully saturated rings. The number of carbonyl (C=O) groups is 1. The van der Waals surface area contributed by atoms with E-state index in [1.165, 1.54) is 16.7 Å². The Morgan fingerprint density at radius 3 is 2.12 bits per heavy atom. The van der Waals surface area contributed by atoms with E-state index in [2.05, 4.69) is 90.1 Å². The van der Waals surface area contributed by atoms with E-state index in [4.69, 9.17) is 0 Å². The molecule has 33 heavy (non-hydrogen) atoms. The molecular weight excluding hydrogens is 406 g/mol. The van der Waals surface area contributed by atoms with Gasteiger partial charge in [0.05, 0.1) is 23.8 Å². The summed E-state index contributed by atoms with van der Waals surface area (Å²) in [5.74, 6) is 1.18. The maximum absolute atomic E-state index is 13.4. The van der Waals surface area contributed by atoms with Gasteiger partial charge in [-0.2, -0.15) is 5.10 Å². The van der Waals surface area contributed by atoms with Crippen LogP contribution in [0.4, 0.5) is 5.82 Å². The highest BCUT2D eigenvalue weighted by Gasteiger charge is 2.29. The van der Waals surface area contributed by atoms with Crippen LogP contribution in [0.3, 0.4) is 0 Å². The van der Waals surface area contributed by atoms with Gasteiger partial charge >= 0.3 is 0 Å². The van der Waals surface area contributed by atoms with Crippen molar-refractivity contribution >= 4 is 11.6 Å². The van der Waals surface area contributed by atoms with Gasteiger partial charge in [-0.3, -0.25) is 4.79 Å². The number of benzene rings is 3. The second kappa shape index (κ2) is 9.45. The van der Waals surface area contributed by atoms with E-state index in [0.717, 1.165) is 18.7 Å². The van der Waals surface area contributed by atoms with Crippen molar-refractivity contribution in [2.75, 3.05) is 5.32 Å². The van der Waals surface area contributed by atoms with Crippen molar-refractivity contribution in [2.24, 2.45) is 0 Å². The minimum absolute atomic E-state index is 0.140. The standard InChI is InChI=1S/C29H29N3O/c1-21-19-27(24-15-9-4-10-16-24)31-29-26(20-30-32(21)29)28(33)18-17-25(22-11-5-2-6-12-22)23-13-7-3-8-14-23/h2-16,20-21,25,27,31H,17-19H2,1H3. The lowest BCUT2D eigenvalue weighted by Gasteiger charge is -2.31. The Morgan fingerprint density at radius 1 is 0.939 bits per heavy atom. The first-order valence-corrected chi connectivity index (χ1v) is 11.7. The lowest BCUT2D eigenvalue weighted by atomic mass is 9.86. The molecule has 1 aliphatic heterocycles.